The molecule has 0 spiro atoms. The van der Waals surface area contributed by atoms with Crippen LogP contribution in [-0.4, -0.2) is 53.9 Å². The van der Waals surface area contributed by atoms with E-state index in [4.69, 9.17) is 37.4 Å². The minimum atomic E-state index is -0.980. The van der Waals surface area contributed by atoms with E-state index in [0.29, 0.717) is 11.3 Å². The highest BCUT2D eigenvalue weighted by molar-refractivity contribution is 6.31. The van der Waals surface area contributed by atoms with Crippen LogP contribution in [0.15, 0.2) is 48.7 Å². The molecule has 1 saturated heterocycles. The molecule has 0 bridgehead atoms. The molecule has 1 fully saturated rings. The van der Waals surface area contributed by atoms with Gasteiger partial charge in [0, 0.05) is 17.8 Å². The van der Waals surface area contributed by atoms with E-state index in [9.17, 15) is 18.4 Å². The number of ether oxygens (including phenoxy) is 3. The van der Waals surface area contributed by atoms with Crippen LogP contribution in [0.4, 0.5) is 14.7 Å². The number of halogens is 4. The summed E-state index contributed by atoms with van der Waals surface area (Å²) in [6.07, 6.45) is -0.382. The molecule has 3 aromatic rings. The molecule has 2 atom stereocenters. The van der Waals surface area contributed by atoms with Crippen LogP contribution in [0, 0.1) is 11.6 Å². The van der Waals surface area contributed by atoms with Crippen molar-refractivity contribution in [3.05, 3.63) is 70.3 Å². The smallest absolute Gasteiger partial charge is 0.259 e. The Balaban J connectivity index is 1.24. The van der Waals surface area contributed by atoms with Gasteiger partial charge < -0.3 is 19.5 Å². The van der Waals surface area contributed by atoms with E-state index in [1.165, 1.54) is 30.5 Å². The van der Waals surface area contributed by atoms with Crippen molar-refractivity contribution in [1.82, 2.24) is 15.3 Å². The molecule has 1 aliphatic heterocycles. The lowest BCUT2D eigenvalue weighted by Crippen LogP contribution is -2.50. The van der Waals surface area contributed by atoms with Gasteiger partial charge in [-0.3, -0.25) is 14.9 Å². The van der Waals surface area contributed by atoms with E-state index < -0.39 is 42.4 Å². The highest BCUT2D eigenvalue weighted by atomic mass is 35.5. The zero-order valence-electron chi connectivity index (χ0n) is 18.3. The van der Waals surface area contributed by atoms with E-state index in [1.807, 2.05) is 0 Å². The summed E-state index contributed by atoms with van der Waals surface area (Å²) in [6, 6.07) is 9.57. The number of benzene rings is 2. The quantitative estimate of drug-likeness (QED) is 0.472. The van der Waals surface area contributed by atoms with Crippen LogP contribution in [0.1, 0.15) is 0 Å². The monoisotopic (exact) mass is 538 g/mol. The lowest BCUT2D eigenvalue weighted by molar-refractivity contribution is -0.164. The van der Waals surface area contributed by atoms with Gasteiger partial charge in [-0.15, -0.1) is 0 Å². The van der Waals surface area contributed by atoms with Crippen molar-refractivity contribution in [2.45, 2.75) is 12.3 Å². The van der Waals surface area contributed by atoms with Crippen molar-refractivity contribution in [3.8, 4) is 17.0 Å². The maximum atomic E-state index is 13.8. The number of nitrogens with zero attached hydrogens (tertiary/aromatic N) is 2. The highest BCUT2D eigenvalue weighted by Gasteiger charge is 2.29. The first-order valence-corrected chi connectivity index (χ1v) is 11.2. The molecule has 1 aliphatic rings. The van der Waals surface area contributed by atoms with Gasteiger partial charge in [-0.25, -0.2) is 18.7 Å². The van der Waals surface area contributed by atoms with E-state index in [1.54, 1.807) is 12.1 Å². The Hall–Kier alpha value is -3.38. The van der Waals surface area contributed by atoms with Crippen molar-refractivity contribution < 1.29 is 32.6 Å². The van der Waals surface area contributed by atoms with Gasteiger partial charge in [-0.1, -0.05) is 29.3 Å². The maximum absolute atomic E-state index is 13.8. The minimum absolute atomic E-state index is 0.0114. The normalized spacial score (nSPS) is 17.3. The molecular formula is C23H18Cl2F2N4O5. The zero-order chi connectivity index (χ0) is 25.7. The summed E-state index contributed by atoms with van der Waals surface area (Å²) in [5.74, 6) is -2.24. The van der Waals surface area contributed by atoms with Crippen LogP contribution >= 0.6 is 23.2 Å². The van der Waals surface area contributed by atoms with Crippen LogP contribution in [0.5, 0.6) is 5.75 Å². The standard InChI is InChI=1S/C23H18Cl2F2N4O5/c24-14-3-1-12(7-16(14)26)18-5-6-28-23(29-18)31-22(33)19-9-36-21(11-35-19)30-20(32)10-34-13-2-4-15(25)17(27)8-13/h1-8,19,21H,9-11H2,(H,30,32)(H,28,29,31,33)/t19-,21+/m0/s1. The second-order valence-corrected chi connectivity index (χ2v) is 8.27. The fourth-order valence-electron chi connectivity index (χ4n) is 3.10. The average Bonchev–Trinajstić information content (AvgIpc) is 2.87. The van der Waals surface area contributed by atoms with Crippen LogP contribution in [0.2, 0.25) is 10.0 Å². The highest BCUT2D eigenvalue weighted by Crippen LogP contribution is 2.23. The van der Waals surface area contributed by atoms with Gasteiger partial charge in [0.1, 0.15) is 17.4 Å². The molecule has 0 saturated carbocycles. The third kappa shape index (κ3) is 6.64. The second-order valence-electron chi connectivity index (χ2n) is 7.46. The molecule has 2 N–H and O–H groups in total. The Labute approximate surface area is 213 Å². The van der Waals surface area contributed by atoms with Gasteiger partial charge in [0.05, 0.1) is 29.0 Å². The van der Waals surface area contributed by atoms with Crippen molar-refractivity contribution in [2.75, 3.05) is 25.1 Å². The minimum Gasteiger partial charge on any atom is -0.484 e. The van der Waals surface area contributed by atoms with Gasteiger partial charge in [0.25, 0.3) is 11.8 Å². The Kier molecular flexibility index (Phi) is 8.26. The first kappa shape index (κ1) is 25.7. The van der Waals surface area contributed by atoms with Crippen LogP contribution in [-0.2, 0) is 19.1 Å². The molecule has 0 unspecified atom stereocenters. The number of nitrogens with one attached hydrogen (secondary N) is 2. The Morgan fingerprint density at radius 1 is 1.03 bits per heavy atom. The number of hydrogen-bond donors (Lipinski definition) is 2. The lowest BCUT2D eigenvalue weighted by atomic mass is 10.1. The number of aromatic nitrogens is 2. The SMILES string of the molecule is O=C(COc1ccc(Cl)c(F)c1)N[C@H]1CO[C@H](C(=O)Nc2nccc(-c3ccc(Cl)c(F)c3)n2)CO1. The van der Waals surface area contributed by atoms with Gasteiger partial charge in [0.15, 0.2) is 18.9 Å². The number of anilines is 1. The number of carbonyl (C=O) groups is 2. The summed E-state index contributed by atoms with van der Waals surface area (Å²) in [7, 11) is 0. The van der Waals surface area contributed by atoms with E-state index in [-0.39, 0.29) is 35.0 Å². The van der Waals surface area contributed by atoms with E-state index in [2.05, 4.69) is 20.6 Å². The molecule has 188 valence electrons. The third-order valence-corrected chi connectivity index (χ3v) is 5.49. The number of hydrogen-bond acceptors (Lipinski definition) is 7. The van der Waals surface area contributed by atoms with Crippen molar-refractivity contribution >= 4 is 41.0 Å². The van der Waals surface area contributed by atoms with Crippen molar-refractivity contribution in [2.24, 2.45) is 0 Å². The molecule has 2 aromatic carbocycles. The number of rotatable bonds is 7. The van der Waals surface area contributed by atoms with Crippen molar-refractivity contribution in [1.29, 1.82) is 0 Å². The first-order chi connectivity index (χ1) is 17.3. The summed E-state index contributed by atoms with van der Waals surface area (Å²) < 4.78 is 43.4. The lowest BCUT2D eigenvalue weighted by Gasteiger charge is -2.29. The van der Waals surface area contributed by atoms with Gasteiger partial charge in [-0.05, 0) is 30.3 Å². The molecular weight excluding hydrogens is 521 g/mol. The number of carbonyl (C=O) groups excluding carboxylic acids is 2. The molecule has 0 radical (unpaired) electrons. The summed E-state index contributed by atoms with van der Waals surface area (Å²) in [5.41, 5.74) is 0.832. The molecule has 0 aliphatic carbocycles. The molecule has 4 rings (SSSR count). The Morgan fingerprint density at radius 2 is 1.78 bits per heavy atom. The summed E-state index contributed by atoms with van der Waals surface area (Å²) >= 11 is 11.3. The molecule has 13 heteroatoms. The largest absolute Gasteiger partial charge is 0.484 e. The van der Waals surface area contributed by atoms with E-state index >= 15 is 0 Å². The summed E-state index contributed by atoms with van der Waals surface area (Å²) in [5, 5.41) is 4.97. The van der Waals surface area contributed by atoms with Crippen LogP contribution < -0.4 is 15.4 Å². The fourth-order valence-corrected chi connectivity index (χ4v) is 3.34. The summed E-state index contributed by atoms with van der Waals surface area (Å²) in [6.45, 7) is -0.650. The van der Waals surface area contributed by atoms with E-state index in [0.717, 1.165) is 6.07 Å². The molecule has 1 aromatic heterocycles. The van der Waals surface area contributed by atoms with Gasteiger partial charge in [0.2, 0.25) is 5.95 Å². The van der Waals surface area contributed by atoms with Gasteiger partial charge >= 0.3 is 0 Å². The zero-order valence-corrected chi connectivity index (χ0v) is 19.9. The predicted molar refractivity (Wildman–Crippen MR) is 126 cm³/mol. The maximum Gasteiger partial charge on any atom is 0.259 e. The molecule has 9 nitrogen and oxygen atoms in total. The Morgan fingerprint density at radius 3 is 2.47 bits per heavy atom. The van der Waals surface area contributed by atoms with Crippen molar-refractivity contribution in [3.63, 3.8) is 0 Å². The second kappa shape index (κ2) is 11.6. The topological polar surface area (TPSA) is 112 Å². The molecule has 2 heterocycles. The number of amides is 2. The third-order valence-electron chi connectivity index (χ3n) is 4.88. The molecule has 36 heavy (non-hydrogen) atoms. The van der Waals surface area contributed by atoms with Crippen LogP contribution in [0.25, 0.3) is 11.3 Å². The average molecular weight is 539 g/mol. The first-order valence-electron chi connectivity index (χ1n) is 10.5. The predicted octanol–water partition coefficient (Wildman–Crippen LogP) is 3.60. The fraction of sp³-hybridized carbons (Fsp3) is 0.217. The molecule has 2 amide bonds. The van der Waals surface area contributed by atoms with Crippen LogP contribution in [0.3, 0.4) is 0 Å². The Bertz CT molecular complexity index is 1280. The van der Waals surface area contributed by atoms with Gasteiger partial charge in [-0.2, -0.15) is 0 Å². The summed E-state index contributed by atoms with van der Waals surface area (Å²) in [4.78, 5) is 32.8.